The molecule has 1 aliphatic rings. The molecule has 0 bridgehead atoms. The SMILES string of the molecule is CN1CCC(F)(c2ccc(Cl)c(Cl)c2)C1. The van der Waals surface area contributed by atoms with Crippen molar-refractivity contribution in [3.8, 4) is 0 Å². The molecule has 1 heterocycles. The van der Waals surface area contributed by atoms with Crippen molar-refractivity contribution in [3.05, 3.63) is 33.8 Å². The lowest BCUT2D eigenvalue weighted by atomic mass is 9.95. The molecular weight excluding hydrogens is 236 g/mol. The average molecular weight is 248 g/mol. The molecule has 1 aromatic carbocycles. The summed E-state index contributed by atoms with van der Waals surface area (Å²) in [5.74, 6) is 0. The molecule has 1 aliphatic heterocycles. The van der Waals surface area contributed by atoms with Crippen molar-refractivity contribution in [1.82, 2.24) is 4.90 Å². The summed E-state index contributed by atoms with van der Waals surface area (Å²) in [5.41, 5.74) is -0.649. The van der Waals surface area contributed by atoms with E-state index in [0.717, 1.165) is 6.54 Å². The predicted molar refractivity (Wildman–Crippen MR) is 61.4 cm³/mol. The monoisotopic (exact) mass is 247 g/mol. The highest BCUT2D eigenvalue weighted by Crippen LogP contribution is 2.37. The first-order valence-electron chi connectivity index (χ1n) is 4.84. The van der Waals surface area contributed by atoms with E-state index < -0.39 is 5.67 Å². The summed E-state index contributed by atoms with van der Waals surface area (Å²) >= 11 is 11.7. The standard InChI is InChI=1S/C11H12Cl2FN/c1-15-5-4-11(14,7-15)8-2-3-9(12)10(13)6-8/h2-3,6H,4-5,7H2,1H3. The van der Waals surface area contributed by atoms with Gasteiger partial charge in [0.25, 0.3) is 0 Å². The molecule has 2 rings (SSSR count). The lowest BCUT2D eigenvalue weighted by Crippen LogP contribution is -2.24. The van der Waals surface area contributed by atoms with Gasteiger partial charge in [-0.3, -0.25) is 0 Å². The Balaban J connectivity index is 2.33. The van der Waals surface area contributed by atoms with Gasteiger partial charge >= 0.3 is 0 Å². The molecular formula is C11H12Cl2FN. The highest BCUT2D eigenvalue weighted by molar-refractivity contribution is 6.42. The van der Waals surface area contributed by atoms with Gasteiger partial charge in [-0.15, -0.1) is 0 Å². The van der Waals surface area contributed by atoms with Crippen LogP contribution in [0, 0.1) is 0 Å². The quantitative estimate of drug-likeness (QED) is 0.735. The number of nitrogens with zero attached hydrogens (tertiary/aromatic N) is 1. The van der Waals surface area contributed by atoms with Gasteiger partial charge in [0.05, 0.1) is 10.0 Å². The van der Waals surface area contributed by atoms with Gasteiger partial charge in [0.1, 0.15) is 5.67 Å². The van der Waals surface area contributed by atoms with Crippen molar-refractivity contribution < 1.29 is 4.39 Å². The summed E-state index contributed by atoms with van der Waals surface area (Å²) in [6.45, 7) is 1.20. The Morgan fingerprint density at radius 3 is 2.60 bits per heavy atom. The van der Waals surface area contributed by atoms with Crippen LogP contribution in [-0.2, 0) is 5.67 Å². The lowest BCUT2D eigenvalue weighted by Gasteiger charge is -2.20. The number of likely N-dealkylation sites (tertiary alicyclic amines) is 1. The third kappa shape index (κ3) is 2.12. The number of likely N-dealkylation sites (N-methyl/N-ethyl adjacent to an activating group) is 1. The molecule has 0 aromatic heterocycles. The Morgan fingerprint density at radius 2 is 2.07 bits per heavy atom. The van der Waals surface area contributed by atoms with Gasteiger partial charge in [0.2, 0.25) is 0 Å². The van der Waals surface area contributed by atoms with Crippen LogP contribution < -0.4 is 0 Å². The van der Waals surface area contributed by atoms with Crippen LogP contribution >= 0.6 is 23.2 Å². The number of hydrogen-bond donors (Lipinski definition) is 0. The Hall–Kier alpha value is -0.310. The molecule has 4 heteroatoms. The van der Waals surface area contributed by atoms with Crippen LogP contribution in [0.5, 0.6) is 0 Å². The van der Waals surface area contributed by atoms with Gasteiger partial charge in [-0.25, -0.2) is 4.39 Å². The topological polar surface area (TPSA) is 3.24 Å². The molecule has 0 amide bonds. The average Bonchev–Trinajstić information content (AvgIpc) is 2.52. The zero-order valence-electron chi connectivity index (χ0n) is 8.43. The zero-order chi connectivity index (χ0) is 11.1. The molecule has 1 aromatic rings. The minimum atomic E-state index is -1.27. The molecule has 0 radical (unpaired) electrons. The van der Waals surface area contributed by atoms with Gasteiger partial charge in [-0.2, -0.15) is 0 Å². The highest BCUT2D eigenvalue weighted by Gasteiger charge is 2.38. The maximum absolute atomic E-state index is 14.5. The fraction of sp³-hybridized carbons (Fsp3) is 0.455. The zero-order valence-corrected chi connectivity index (χ0v) is 9.95. The van der Waals surface area contributed by atoms with Gasteiger partial charge in [0.15, 0.2) is 0 Å². The molecule has 1 unspecified atom stereocenters. The summed E-state index contributed by atoms with van der Waals surface area (Å²) in [6.07, 6.45) is 0.515. The number of alkyl halides is 1. The first kappa shape index (κ1) is 11.2. The molecule has 0 saturated carbocycles. The molecule has 1 atom stereocenters. The lowest BCUT2D eigenvalue weighted by molar-refractivity contribution is 0.175. The number of halogens is 3. The first-order valence-corrected chi connectivity index (χ1v) is 5.60. The summed E-state index contributed by atoms with van der Waals surface area (Å²) in [5, 5.41) is 0.885. The van der Waals surface area contributed by atoms with Crippen molar-refractivity contribution in [2.75, 3.05) is 20.1 Å². The third-order valence-electron chi connectivity index (χ3n) is 2.85. The fourth-order valence-electron chi connectivity index (χ4n) is 1.96. The van der Waals surface area contributed by atoms with Crippen LogP contribution in [0.25, 0.3) is 0 Å². The second kappa shape index (κ2) is 3.93. The van der Waals surface area contributed by atoms with Crippen molar-refractivity contribution in [2.24, 2.45) is 0 Å². The van der Waals surface area contributed by atoms with E-state index in [4.69, 9.17) is 23.2 Å². The van der Waals surface area contributed by atoms with E-state index >= 15 is 0 Å². The predicted octanol–water partition coefficient (Wildman–Crippen LogP) is 3.49. The third-order valence-corrected chi connectivity index (χ3v) is 3.59. The number of benzene rings is 1. The minimum absolute atomic E-state index is 0.417. The van der Waals surface area contributed by atoms with E-state index in [1.165, 1.54) is 0 Å². The molecule has 0 N–H and O–H groups in total. The second-order valence-corrected chi connectivity index (χ2v) is 4.90. The van der Waals surface area contributed by atoms with Crippen LogP contribution in [-0.4, -0.2) is 25.0 Å². The first-order chi connectivity index (χ1) is 7.01. The normalized spacial score (nSPS) is 27.2. The maximum Gasteiger partial charge on any atom is 0.149 e. The van der Waals surface area contributed by atoms with Crippen molar-refractivity contribution >= 4 is 23.2 Å². The molecule has 82 valence electrons. The Kier molecular flexibility index (Phi) is 2.93. The molecule has 1 nitrogen and oxygen atoms in total. The van der Waals surface area contributed by atoms with Crippen LogP contribution in [0.15, 0.2) is 18.2 Å². The Labute approximate surface area is 98.8 Å². The number of hydrogen-bond acceptors (Lipinski definition) is 1. The van der Waals surface area contributed by atoms with Crippen molar-refractivity contribution in [1.29, 1.82) is 0 Å². The van der Waals surface area contributed by atoms with Gasteiger partial charge in [0, 0.05) is 13.1 Å². The van der Waals surface area contributed by atoms with Crippen LogP contribution in [0.4, 0.5) is 4.39 Å². The van der Waals surface area contributed by atoms with Crippen LogP contribution in [0.3, 0.4) is 0 Å². The smallest absolute Gasteiger partial charge is 0.149 e. The van der Waals surface area contributed by atoms with E-state index in [9.17, 15) is 4.39 Å². The summed E-state index contributed by atoms with van der Waals surface area (Å²) in [4.78, 5) is 1.97. The Morgan fingerprint density at radius 1 is 1.33 bits per heavy atom. The highest BCUT2D eigenvalue weighted by atomic mass is 35.5. The van der Waals surface area contributed by atoms with Crippen LogP contribution in [0.2, 0.25) is 10.0 Å². The van der Waals surface area contributed by atoms with E-state index in [1.54, 1.807) is 18.2 Å². The van der Waals surface area contributed by atoms with Crippen LogP contribution in [0.1, 0.15) is 12.0 Å². The van der Waals surface area contributed by atoms with Gasteiger partial charge in [-0.05, 0) is 31.2 Å². The molecule has 1 saturated heterocycles. The van der Waals surface area contributed by atoms with Crippen molar-refractivity contribution in [3.63, 3.8) is 0 Å². The van der Waals surface area contributed by atoms with E-state index in [1.807, 2.05) is 11.9 Å². The number of rotatable bonds is 1. The maximum atomic E-state index is 14.5. The van der Waals surface area contributed by atoms with E-state index in [2.05, 4.69) is 0 Å². The largest absolute Gasteiger partial charge is 0.303 e. The summed E-state index contributed by atoms with van der Waals surface area (Å²) in [6, 6.07) is 5.00. The van der Waals surface area contributed by atoms with Crippen molar-refractivity contribution in [2.45, 2.75) is 12.1 Å². The molecule has 1 fully saturated rings. The molecule has 0 spiro atoms. The summed E-state index contributed by atoms with van der Waals surface area (Å²) < 4.78 is 14.5. The van der Waals surface area contributed by atoms with Gasteiger partial charge in [-0.1, -0.05) is 29.3 Å². The Bertz CT molecular complexity index is 383. The van der Waals surface area contributed by atoms with E-state index in [-0.39, 0.29) is 0 Å². The minimum Gasteiger partial charge on any atom is -0.303 e. The van der Waals surface area contributed by atoms with E-state index in [0.29, 0.717) is 28.6 Å². The second-order valence-electron chi connectivity index (χ2n) is 4.08. The molecule has 0 aliphatic carbocycles. The van der Waals surface area contributed by atoms with Gasteiger partial charge < -0.3 is 4.90 Å². The summed E-state index contributed by atoms with van der Waals surface area (Å²) in [7, 11) is 1.92. The molecule has 15 heavy (non-hydrogen) atoms. The fourth-order valence-corrected chi connectivity index (χ4v) is 2.26.